The fourth-order valence-corrected chi connectivity index (χ4v) is 4.07. The molecule has 1 aromatic rings. The molecule has 2 fully saturated rings. The molecule has 3 nitrogen and oxygen atoms in total. The first kappa shape index (κ1) is 16.5. The second-order valence-electron chi connectivity index (χ2n) is 7.37. The number of nitrogens with zero attached hydrogens (tertiary/aromatic N) is 1. The van der Waals surface area contributed by atoms with Gasteiger partial charge in [-0.25, -0.2) is 0 Å². The lowest BCUT2D eigenvalue weighted by Crippen LogP contribution is -2.46. The van der Waals surface area contributed by atoms with Crippen molar-refractivity contribution >= 4 is 5.91 Å². The van der Waals surface area contributed by atoms with Gasteiger partial charge in [0.25, 0.3) is 0 Å². The van der Waals surface area contributed by atoms with E-state index in [0.717, 1.165) is 38.4 Å². The minimum Gasteiger partial charge on any atom is -0.342 e. The zero-order valence-corrected chi connectivity index (χ0v) is 14.3. The van der Waals surface area contributed by atoms with Gasteiger partial charge in [0, 0.05) is 25.0 Å². The van der Waals surface area contributed by atoms with Gasteiger partial charge in [0.05, 0.1) is 0 Å². The van der Waals surface area contributed by atoms with Crippen LogP contribution in [-0.4, -0.2) is 36.5 Å². The van der Waals surface area contributed by atoms with Crippen LogP contribution >= 0.6 is 0 Å². The number of benzene rings is 1. The predicted molar refractivity (Wildman–Crippen MR) is 94.3 cm³/mol. The molecule has 3 rings (SSSR count). The second-order valence-corrected chi connectivity index (χ2v) is 7.37. The third kappa shape index (κ3) is 4.57. The lowest BCUT2D eigenvalue weighted by molar-refractivity contribution is -0.138. The number of carbonyl (C=O) groups excluding carboxylic acids is 1. The quantitative estimate of drug-likeness (QED) is 0.925. The first-order chi connectivity index (χ1) is 11.2. The maximum absolute atomic E-state index is 12.7. The Morgan fingerprint density at radius 2 is 1.91 bits per heavy atom. The van der Waals surface area contributed by atoms with E-state index in [-0.39, 0.29) is 5.92 Å². The van der Waals surface area contributed by atoms with Crippen molar-refractivity contribution in [1.82, 2.24) is 10.2 Å². The van der Waals surface area contributed by atoms with E-state index >= 15 is 0 Å². The summed E-state index contributed by atoms with van der Waals surface area (Å²) in [6.45, 7) is 5.12. The van der Waals surface area contributed by atoms with Gasteiger partial charge in [0.2, 0.25) is 5.91 Å². The summed E-state index contributed by atoms with van der Waals surface area (Å²) in [5.41, 5.74) is 1.44. The van der Waals surface area contributed by atoms with Gasteiger partial charge < -0.3 is 10.2 Å². The molecule has 1 amide bonds. The Morgan fingerprint density at radius 1 is 1.17 bits per heavy atom. The molecule has 2 heterocycles. The van der Waals surface area contributed by atoms with E-state index in [1.807, 2.05) is 0 Å². The lowest BCUT2D eigenvalue weighted by Gasteiger charge is -2.36. The number of hydrogen-bond acceptors (Lipinski definition) is 2. The van der Waals surface area contributed by atoms with Crippen LogP contribution in [0.25, 0.3) is 0 Å². The van der Waals surface area contributed by atoms with Gasteiger partial charge in [-0.1, -0.05) is 30.3 Å². The van der Waals surface area contributed by atoms with Crippen LogP contribution in [0.15, 0.2) is 30.3 Å². The van der Waals surface area contributed by atoms with E-state index in [2.05, 4.69) is 47.5 Å². The van der Waals surface area contributed by atoms with Gasteiger partial charge in [-0.2, -0.15) is 0 Å². The smallest absolute Gasteiger partial charge is 0.225 e. The van der Waals surface area contributed by atoms with Crippen molar-refractivity contribution in [1.29, 1.82) is 0 Å². The van der Waals surface area contributed by atoms with Gasteiger partial charge in [-0.3, -0.25) is 4.79 Å². The van der Waals surface area contributed by atoms with Crippen molar-refractivity contribution in [2.24, 2.45) is 11.8 Å². The molecule has 0 spiro atoms. The molecule has 23 heavy (non-hydrogen) atoms. The highest BCUT2D eigenvalue weighted by Crippen LogP contribution is 2.26. The summed E-state index contributed by atoms with van der Waals surface area (Å²) in [5, 5.41) is 3.44. The Balaban J connectivity index is 1.42. The van der Waals surface area contributed by atoms with Crippen LogP contribution in [0.2, 0.25) is 0 Å². The Hall–Kier alpha value is -1.35. The molecule has 0 bridgehead atoms. The van der Waals surface area contributed by atoms with E-state index in [0.29, 0.717) is 11.9 Å². The molecule has 2 aliphatic heterocycles. The largest absolute Gasteiger partial charge is 0.342 e. The summed E-state index contributed by atoms with van der Waals surface area (Å²) in [6.07, 6.45) is 6.81. The zero-order valence-electron chi connectivity index (χ0n) is 14.3. The highest BCUT2D eigenvalue weighted by Gasteiger charge is 2.30. The summed E-state index contributed by atoms with van der Waals surface area (Å²) in [7, 11) is 0. The van der Waals surface area contributed by atoms with Gasteiger partial charge >= 0.3 is 0 Å². The SMILES string of the molecule is C[C@H]1C[C@@H](C(=O)N2CCC(CCc3ccccc3)CC2)CCN1. The van der Waals surface area contributed by atoms with Crippen LogP contribution in [-0.2, 0) is 11.2 Å². The average Bonchev–Trinajstić information content (AvgIpc) is 2.61. The molecule has 2 aliphatic rings. The second kappa shape index (κ2) is 7.96. The van der Waals surface area contributed by atoms with Crippen LogP contribution in [0.4, 0.5) is 0 Å². The highest BCUT2D eigenvalue weighted by molar-refractivity contribution is 5.79. The molecule has 3 heteroatoms. The Bertz CT molecular complexity index is 494. The average molecular weight is 314 g/mol. The van der Waals surface area contributed by atoms with Crippen molar-refractivity contribution in [3.8, 4) is 0 Å². The summed E-state index contributed by atoms with van der Waals surface area (Å²) in [5.74, 6) is 1.46. The highest BCUT2D eigenvalue weighted by atomic mass is 16.2. The van der Waals surface area contributed by atoms with Crippen molar-refractivity contribution in [3.63, 3.8) is 0 Å². The van der Waals surface area contributed by atoms with Gasteiger partial charge in [-0.05, 0) is 63.5 Å². The Labute approximate surface area is 140 Å². The Morgan fingerprint density at radius 3 is 2.61 bits per heavy atom. The minimum atomic E-state index is 0.257. The van der Waals surface area contributed by atoms with Gasteiger partial charge in [0.15, 0.2) is 0 Å². The van der Waals surface area contributed by atoms with Gasteiger partial charge in [0.1, 0.15) is 0 Å². The number of aryl methyl sites for hydroxylation is 1. The first-order valence-electron chi connectivity index (χ1n) is 9.28. The molecule has 1 aromatic carbocycles. The van der Waals surface area contributed by atoms with E-state index in [1.54, 1.807) is 0 Å². The van der Waals surface area contributed by atoms with E-state index in [4.69, 9.17) is 0 Å². The number of piperidine rings is 2. The van der Waals surface area contributed by atoms with Crippen LogP contribution < -0.4 is 5.32 Å². The molecule has 0 radical (unpaired) electrons. The van der Waals surface area contributed by atoms with Crippen LogP contribution in [0.3, 0.4) is 0 Å². The van der Waals surface area contributed by atoms with Crippen molar-refractivity contribution in [2.75, 3.05) is 19.6 Å². The normalized spacial score (nSPS) is 26.2. The molecule has 2 atom stereocenters. The molecule has 0 aliphatic carbocycles. The lowest BCUT2D eigenvalue weighted by atomic mass is 9.88. The molecule has 126 valence electrons. The fourth-order valence-electron chi connectivity index (χ4n) is 4.07. The maximum Gasteiger partial charge on any atom is 0.225 e. The van der Waals surface area contributed by atoms with E-state index in [1.165, 1.54) is 31.2 Å². The summed E-state index contributed by atoms with van der Waals surface area (Å²) in [6, 6.07) is 11.2. The number of nitrogens with one attached hydrogen (secondary N) is 1. The molecule has 0 unspecified atom stereocenters. The molecule has 1 N–H and O–H groups in total. The maximum atomic E-state index is 12.7. The topological polar surface area (TPSA) is 32.3 Å². The molecular formula is C20H30N2O. The number of amides is 1. The molecule has 2 saturated heterocycles. The zero-order chi connectivity index (χ0) is 16.1. The van der Waals surface area contributed by atoms with E-state index < -0.39 is 0 Å². The predicted octanol–water partition coefficient (Wildman–Crippen LogP) is 3.25. The number of likely N-dealkylation sites (tertiary alicyclic amines) is 1. The van der Waals surface area contributed by atoms with Crippen LogP contribution in [0.1, 0.15) is 44.6 Å². The Kier molecular flexibility index (Phi) is 5.71. The van der Waals surface area contributed by atoms with Crippen molar-refractivity contribution in [2.45, 2.75) is 51.5 Å². The molecule has 0 aromatic heterocycles. The van der Waals surface area contributed by atoms with Crippen molar-refractivity contribution < 1.29 is 4.79 Å². The van der Waals surface area contributed by atoms with Gasteiger partial charge in [-0.15, -0.1) is 0 Å². The standard InChI is InChI=1S/C20H30N2O/c1-16-15-19(9-12-21-16)20(23)22-13-10-18(11-14-22)8-7-17-5-3-2-4-6-17/h2-6,16,18-19,21H,7-15H2,1H3/t16-,19-/m0/s1. The number of rotatable bonds is 4. The number of carbonyl (C=O) groups is 1. The monoisotopic (exact) mass is 314 g/mol. The summed E-state index contributed by atoms with van der Waals surface area (Å²) >= 11 is 0. The fraction of sp³-hybridized carbons (Fsp3) is 0.650. The minimum absolute atomic E-state index is 0.257. The number of hydrogen-bond donors (Lipinski definition) is 1. The van der Waals surface area contributed by atoms with E-state index in [9.17, 15) is 4.79 Å². The summed E-state index contributed by atoms with van der Waals surface area (Å²) < 4.78 is 0. The molecule has 0 saturated carbocycles. The van der Waals surface area contributed by atoms with Crippen LogP contribution in [0, 0.1) is 11.8 Å². The van der Waals surface area contributed by atoms with Crippen LogP contribution in [0.5, 0.6) is 0 Å². The summed E-state index contributed by atoms with van der Waals surface area (Å²) in [4.78, 5) is 14.8. The first-order valence-corrected chi connectivity index (χ1v) is 9.28. The third-order valence-corrected chi connectivity index (χ3v) is 5.58. The third-order valence-electron chi connectivity index (χ3n) is 5.58. The molecular weight excluding hydrogens is 284 g/mol. The van der Waals surface area contributed by atoms with Crippen molar-refractivity contribution in [3.05, 3.63) is 35.9 Å².